The molecule has 3 rings (SSSR count). The Labute approximate surface area is 134 Å². The highest BCUT2D eigenvalue weighted by Crippen LogP contribution is 2.26. The van der Waals surface area contributed by atoms with Crippen LogP contribution < -0.4 is 5.32 Å². The summed E-state index contributed by atoms with van der Waals surface area (Å²) >= 11 is 1.46. The van der Waals surface area contributed by atoms with E-state index < -0.39 is 0 Å². The van der Waals surface area contributed by atoms with Crippen molar-refractivity contribution in [3.05, 3.63) is 36.5 Å². The second kappa shape index (κ2) is 7.11. The number of fused-ring (bicyclic) bond motifs is 1. The van der Waals surface area contributed by atoms with Gasteiger partial charge in [0.05, 0.1) is 11.9 Å². The number of aliphatic hydroxyl groups excluding tert-OH is 1. The summed E-state index contributed by atoms with van der Waals surface area (Å²) in [5.74, 6) is 0.563. The van der Waals surface area contributed by atoms with E-state index >= 15 is 0 Å². The van der Waals surface area contributed by atoms with Crippen LogP contribution in [0.1, 0.15) is 19.3 Å². The zero-order chi connectivity index (χ0) is 15.4. The molecular weight excluding hydrogens is 296 g/mol. The van der Waals surface area contributed by atoms with Gasteiger partial charge in [-0.15, -0.1) is 0 Å². The molecule has 4 nitrogen and oxygen atoms in total. The van der Waals surface area contributed by atoms with Crippen LogP contribution >= 0.6 is 11.8 Å². The molecule has 2 aromatic rings. The number of amides is 1. The molecule has 1 aliphatic rings. The standard InChI is InChI=1S/C17H20N2O2S/c20-15-7-3-5-13(15)10-19-16(21)11-22-17-14-6-2-1-4-12(14)8-9-18-17/h1-2,4,6,8-9,13,15,20H,3,5,7,10-11H2,(H,19,21). The second-order valence-electron chi connectivity index (χ2n) is 5.69. The maximum absolute atomic E-state index is 12.0. The predicted octanol–water partition coefficient (Wildman–Crippen LogP) is 2.60. The summed E-state index contributed by atoms with van der Waals surface area (Å²) in [4.78, 5) is 16.3. The summed E-state index contributed by atoms with van der Waals surface area (Å²) in [7, 11) is 0. The zero-order valence-corrected chi connectivity index (χ0v) is 13.2. The highest BCUT2D eigenvalue weighted by molar-refractivity contribution is 8.00. The number of nitrogens with zero attached hydrogens (tertiary/aromatic N) is 1. The van der Waals surface area contributed by atoms with Crippen molar-refractivity contribution in [2.45, 2.75) is 30.4 Å². The van der Waals surface area contributed by atoms with E-state index in [2.05, 4.69) is 10.3 Å². The first-order valence-electron chi connectivity index (χ1n) is 7.65. The van der Waals surface area contributed by atoms with Gasteiger partial charge in [0, 0.05) is 24.0 Å². The molecule has 116 valence electrons. The number of aromatic nitrogens is 1. The third-order valence-corrected chi connectivity index (χ3v) is 5.16. The predicted molar refractivity (Wildman–Crippen MR) is 88.8 cm³/mol. The van der Waals surface area contributed by atoms with Crippen molar-refractivity contribution < 1.29 is 9.90 Å². The molecule has 22 heavy (non-hydrogen) atoms. The largest absolute Gasteiger partial charge is 0.393 e. The summed E-state index contributed by atoms with van der Waals surface area (Å²) in [5.41, 5.74) is 0. The fraction of sp³-hybridized carbons (Fsp3) is 0.412. The number of rotatable bonds is 5. The van der Waals surface area contributed by atoms with Crippen LogP contribution in [0.15, 0.2) is 41.6 Å². The molecular formula is C17H20N2O2S. The fourth-order valence-corrected chi connectivity index (χ4v) is 3.74. The molecule has 1 saturated carbocycles. The van der Waals surface area contributed by atoms with Gasteiger partial charge in [-0.3, -0.25) is 4.79 Å². The van der Waals surface area contributed by atoms with Crippen molar-refractivity contribution in [1.82, 2.24) is 10.3 Å². The molecule has 2 atom stereocenters. The Balaban J connectivity index is 1.54. The maximum Gasteiger partial charge on any atom is 0.230 e. The second-order valence-corrected chi connectivity index (χ2v) is 6.65. The van der Waals surface area contributed by atoms with Gasteiger partial charge in [-0.25, -0.2) is 4.98 Å². The molecule has 0 spiro atoms. The molecule has 0 aliphatic heterocycles. The summed E-state index contributed by atoms with van der Waals surface area (Å²) in [6, 6.07) is 10.0. The summed E-state index contributed by atoms with van der Waals surface area (Å²) in [6.07, 6.45) is 4.43. The number of carbonyl (C=O) groups excluding carboxylic acids is 1. The van der Waals surface area contributed by atoms with Crippen molar-refractivity contribution in [2.75, 3.05) is 12.3 Å². The number of hydrogen-bond acceptors (Lipinski definition) is 4. The molecule has 1 fully saturated rings. The highest BCUT2D eigenvalue weighted by atomic mass is 32.2. The molecule has 2 N–H and O–H groups in total. The minimum absolute atomic E-state index is 0.00108. The monoisotopic (exact) mass is 316 g/mol. The third kappa shape index (κ3) is 3.59. The number of nitrogens with one attached hydrogen (secondary N) is 1. The first kappa shape index (κ1) is 15.3. The van der Waals surface area contributed by atoms with Gasteiger partial charge < -0.3 is 10.4 Å². The minimum atomic E-state index is -0.257. The molecule has 1 aliphatic carbocycles. The van der Waals surface area contributed by atoms with Gasteiger partial charge in [-0.1, -0.05) is 42.4 Å². The average molecular weight is 316 g/mol. The lowest BCUT2D eigenvalue weighted by atomic mass is 10.1. The zero-order valence-electron chi connectivity index (χ0n) is 12.4. The Hall–Kier alpha value is -1.59. The molecule has 1 heterocycles. The Bertz CT molecular complexity index is 657. The number of hydrogen-bond donors (Lipinski definition) is 2. The number of pyridine rings is 1. The van der Waals surface area contributed by atoms with Crippen LogP contribution in [-0.4, -0.2) is 34.4 Å². The Morgan fingerprint density at radius 1 is 1.32 bits per heavy atom. The van der Waals surface area contributed by atoms with E-state index in [4.69, 9.17) is 0 Å². The number of aliphatic hydroxyl groups is 1. The summed E-state index contributed by atoms with van der Waals surface area (Å²) < 4.78 is 0. The smallest absolute Gasteiger partial charge is 0.230 e. The topological polar surface area (TPSA) is 62.2 Å². The van der Waals surface area contributed by atoms with E-state index in [1.54, 1.807) is 6.20 Å². The molecule has 2 unspecified atom stereocenters. The Morgan fingerprint density at radius 3 is 3.00 bits per heavy atom. The van der Waals surface area contributed by atoms with Crippen molar-refractivity contribution in [3.8, 4) is 0 Å². The lowest BCUT2D eigenvalue weighted by molar-refractivity contribution is -0.118. The van der Waals surface area contributed by atoms with Gasteiger partial charge in [0.25, 0.3) is 0 Å². The SMILES string of the molecule is O=C(CSc1nccc2ccccc12)NCC1CCCC1O. The number of benzene rings is 1. The lowest BCUT2D eigenvalue weighted by Crippen LogP contribution is -2.33. The van der Waals surface area contributed by atoms with Gasteiger partial charge in [-0.2, -0.15) is 0 Å². The maximum atomic E-state index is 12.0. The minimum Gasteiger partial charge on any atom is -0.393 e. The van der Waals surface area contributed by atoms with Crippen molar-refractivity contribution in [1.29, 1.82) is 0 Å². The van der Waals surface area contributed by atoms with Crippen molar-refractivity contribution >= 4 is 28.4 Å². The van der Waals surface area contributed by atoms with Crippen LogP contribution in [0.5, 0.6) is 0 Å². The highest BCUT2D eigenvalue weighted by Gasteiger charge is 2.25. The molecule has 1 amide bonds. The van der Waals surface area contributed by atoms with Crippen LogP contribution in [0, 0.1) is 5.92 Å². The normalized spacial score (nSPS) is 21.1. The Kier molecular flexibility index (Phi) is 4.95. The number of thioether (sulfide) groups is 1. The van der Waals surface area contributed by atoms with Gasteiger partial charge in [-0.05, 0) is 24.3 Å². The lowest BCUT2D eigenvalue weighted by Gasteiger charge is -2.14. The van der Waals surface area contributed by atoms with E-state index in [1.165, 1.54) is 11.8 Å². The van der Waals surface area contributed by atoms with E-state index in [9.17, 15) is 9.90 Å². The van der Waals surface area contributed by atoms with Crippen molar-refractivity contribution in [2.24, 2.45) is 5.92 Å². The third-order valence-electron chi connectivity index (χ3n) is 4.16. The van der Waals surface area contributed by atoms with Crippen LogP contribution in [0.25, 0.3) is 10.8 Å². The molecule has 0 saturated heterocycles. The van der Waals surface area contributed by atoms with E-state index in [1.807, 2.05) is 30.3 Å². The fourth-order valence-electron chi connectivity index (χ4n) is 2.89. The van der Waals surface area contributed by atoms with Gasteiger partial charge >= 0.3 is 0 Å². The quantitative estimate of drug-likeness (QED) is 0.832. The van der Waals surface area contributed by atoms with E-state index in [0.717, 1.165) is 35.1 Å². The van der Waals surface area contributed by atoms with Crippen LogP contribution in [-0.2, 0) is 4.79 Å². The van der Waals surface area contributed by atoms with Gasteiger partial charge in [0.1, 0.15) is 5.03 Å². The first-order chi connectivity index (χ1) is 10.7. The van der Waals surface area contributed by atoms with Crippen LogP contribution in [0.3, 0.4) is 0 Å². The first-order valence-corrected chi connectivity index (χ1v) is 8.64. The Morgan fingerprint density at radius 2 is 2.18 bits per heavy atom. The summed E-state index contributed by atoms with van der Waals surface area (Å²) in [5, 5.41) is 15.8. The number of carbonyl (C=O) groups is 1. The van der Waals surface area contributed by atoms with Crippen molar-refractivity contribution in [3.63, 3.8) is 0 Å². The average Bonchev–Trinajstić information content (AvgIpc) is 2.96. The van der Waals surface area contributed by atoms with E-state index in [0.29, 0.717) is 12.3 Å². The van der Waals surface area contributed by atoms with Gasteiger partial charge in [0.15, 0.2) is 0 Å². The molecule has 1 aromatic heterocycles. The molecule has 0 bridgehead atoms. The summed E-state index contributed by atoms with van der Waals surface area (Å²) in [6.45, 7) is 0.573. The van der Waals surface area contributed by atoms with Gasteiger partial charge in [0.2, 0.25) is 5.91 Å². The molecule has 1 aromatic carbocycles. The van der Waals surface area contributed by atoms with Crippen LogP contribution in [0.4, 0.5) is 0 Å². The van der Waals surface area contributed by atoms with Crippen LogP contribution in [0.2, 0.25) is 0 Å². The molecule has 0 radical (unpaired) electrons. The molecule has 5 heteroatoms. The van der Waals surface area contributed by atoms with E-state index in [-0.39, 0.29) is 17.9 Å².